The number of Topliss-reactive ketones (excluding diaryl/α,β-unsaturated/α-hetero) is 1. The van der Waals surface area contributed by atoms with Crippen LogP contribution in [0.1, 0.15) is 16.8 Å². The van der Waals surface area contributed by atoms with Crippen LogP contribution in [0.2, 0.25) is 0 Å². The number of rotatable bonds is 2. The van der Waals surface area contributed by atoms with Gasteiger partial charge in [-0.3, -0.25) is 9.78 Å². The molecule has 2 aromatic rings. The Hall–Kier alpha value is -1.75. The number of benzene rings is 1. The lowest BCUT2D eigenvalue weighted by molar-refractivity contribution is 0.0935. The van der Waals surface area contributed by atoms with Gasteiger partial charge in [-0.25, -0.2) is 8.42 Å². The fourth-order valence-electron chi connectivity index (χ4n) is 2.55. The molecule has 1 aliphatic heterocycles. The molecule has 1 saturated heterocycles. The van der Waals surface area contributed by atoms with Gasteiger partial charge in [-0.2, -0.15) is 0 Å². The first-order valence-corrected chi connectivity index (χ1v) is 7.96. The number of hydrogen-bond acceptors (Lipinski definition) is 4. The molecule has 3 rings (SSSR count). The molecule has 2 heterocycles. The smallest absolute Gasteiger partial charge is 0.167 e. The molecule has 1 aromatic carbocycles. The Labute approximate surface area is 111 Å². The number of carbonyl (C=O) groups excluding carboxylic acids is 1. The van der Waals surface area contributed by atoms with Crippen LogP contribution in [0.3, 0.4) is 0 Å². The van der Waals surface area contributed by atoms with Crippen LogP contribution < -0.4 is 0 Å². The summed E-state index contributed by atoms with van der Waals surface area (Å²) in [4.78, 5) is 16.5. The van der Waals surface area contributed by atoms with Crippen LogP contribution in [-0.4, -0.2) is 30.7 Å². The topological polar surface area (TPSA) is 64.1 Å². The molecule has 0 amide bonds. The van der Waals surface area contributed by atoms with Crippen LogP contribution >= 0.6 is 0 Å². The maximum Gasteiger partial charge on any atom is 0.167 e. The van der Waals surface area contributed by atoms with Gasteiger partial charge in [0.15, 0.2) is 15.6 Å². The minimum atomic E-state index is -3.04. The van der Waals surface area contributed by atoms with Crippen molar-refractivity contribution in [3.63, 3.8) is 0 Å². The minimum absolute atomic E-state index is 0.0253. The monoisotopic (exact) mass is 275 g/mol. The highest BCUT2D eigenvalue weighted by Crippen LogP contribution is 2.26. The number of carbonyl (C=O) groups is 1. The van der Waals surface area contributed by atoms with E-state index >= 15 is 0 Å². The highest BCUT2D eigenvalue weighted by atomic mass is 32.2. The summed E-state index contributed by atoms with van der Waals surface area (Å²) in [5, 5.41) is 1.74. The van der Waals surface area contributed by atoms with Gasteiger partial charge in [0.05, 0.1) is 11.5 Å². The van der Waals surface area contributed by atoms with Crippen molar-refractivity contribution in [2.75, 3.05) is 11.5 Å². The van der Waals surface area contributed by atoms with E-state index in [2.05, 4.69) is 4.98 Å². The molecule has 1 unspecified atom stereocenters. The molecule has 1 fully saturated rings. The maximum atomic E-state index is 12.5. The van der Waals surface area contributed by atoms with Crippen molar-refractivity contribution < 1.29 is 13.2 Å². The Morgan fingerprint density at radius 2 is 2.11 bits per heavy atom. The maximum absolute atomic E-state index is 12.5. The van der Waals surface area contributed by atoms with Gasteiger partial charge in [-0.1, -0.05) is 18.2 Å². The number of nitrogens with zero attached hydrogens (tertiary/aromatic N) is 1. The average Bonchev–Trinajstić information content (AvgIpc) is 2.78. The van der Waals surface area contributed by atoms with Crippen molar-refractivity contribution in [1.29, 1.82) is 0 Å². The molecule has 1 atom stereocenters. The first-order valence-electron chi connectivity index (χ1n) is 6.14. The average molecular weight is 275 g/mol. The third kappa shape index (κ3) is 2.26. The molecule has 0 N–H and O–H groups in total. The lowest BCUT2D eigenvalue weighted by Gasteiger charge is -2.09. The van der Waals surface area contributed by atoms with Gasteiger partial charge < -0.3 is 0 Å². The summed E-state index contributed by atoms with van der Waals surface area (Å²) < 4.78 is 23.0. The van der Waals surface area contributed by atoms with Crippen LogP contribution in [0.4, 0.5) is 0 Å². The standard InChI is InChI=1S/C14H13NO3S/c16-14(11-5-7-19(17,18)9-11)12-3-1-2-10-4-6-15-8-13(10)12/h1-4,6,8,11H,5,7,9H2. The van der Waals surface area contributed by atoms with Gasteiger partial charge in [0.25, 0.3) is 0 Å². The second-order valence-electron chi connectivity index (χ2n) is 4.87. The van der Waals surface area contributed by atoms with Crippen molar-refractivity contribution in [3.8, 4) is 0 Å². The van der Waals surface area contributed by atoms with E-state index < -0.39 is 15.8 Å². The number of hydrogen-bond donors (Lipinski definition) is 0. The van der Waals surface area contributed by atoms with Gasteiger partial charge >= 0.3 is 0 Å². The van der Waals surface area contributed by atoms with Crippen molar-refractivity contribution in [2.24, 2.45) is 5.92 Å². The largest absolute Gasteiger partial charge is 0.294 e. The van der Waals surface area contributed by atoms with Crippen LogP contribution in [0.15, 0.2) is 36.7 Å². The summed E-state index contributed by atoms with van der Waals surface area (Å²) in [6.07, 6.45) is 3.76. The Morgan fingerprint density at radius 3 is 2.84 bits per heavy atom. The molecular formula is C14H13NO3S. The molecule has 0 radical (unpaired) electrons. The summed E-state index contributed by atoms with van der Waals surface area (Å²) in [7, 11) is -3.04. The summed E-state index contributed by atoms with van der Waals surface area (Å²) in [5.74, 6) is -0.398. The lowest BCUT2D eigenvalue weighted by atomic mass is 9.94. The summed E-state index contributed by atoms with van der Waals surface area (Å²) in [5.41, 5.74) is 0.577. The first-order chi connectivity index (χ1) is 9.07. The molecule has 5 heteroatoms. The van der Waals surface area contributed by atoms with E-state index in [1.54, 1.807) is 18.5 Å². The van der Waals surface area contributed by atoms with E-state index in [0.717, 1.165) is 10.8 Å². The van der Waals surface area contributed by atoms with Crippen LogP contribution in [0.25, 0.3) is 10.8 Å². The predicted octanol–water partition coefficient (Wildman–Crippen LogP) is 1.85. The molecule has 4 nitrogen and oxygen atoms in total. The summed E-state index contributed by atoms with van der Waals surface area (Å²) in [6.45, 7) is 0. The van der Waals surface area contributed by atoms with E-state index in [1.165, 1.54) is 0 Å². The predicted molar refractivity (Wildman–Crippen MR) is 72.8 cm³/mol. The van der Waals surface area contributed by atoms with Crippen LogP contribution in [0.5, 0.6) is 0 Å². The van der Waals surface area contributed by atoms with Gasteiger partial charge in [-0.05, 0) is 17.9 Å². The van der Waals surface area contributed by atoms with Crippen molar-refractivity contribution in [1.82, 2.24) is 4.98 Å². The number of fused-ring (bicyclic) bond motifs is 1. The number of aromatic nitrogens is 1. The second-order valence-corrected chi connectivity index (χ2v) is 7.10. The minimum Gasteiger partial charge on any atom is -0.294 e. The fraction of sp³-hybridized carbons (Fsp3) is 0.286. The molecule has 19 heavy (non-hydrogen) atoms. The zero-order chi connectivity index (χ0) is 13.5. The van der Waals surface area contributed by atoms with E-state index in [9.17, 15) is 13.2 Å². The van der Waals surface area contributed by atoms with Gasteiger partial charge in [0.2, 0.25) is 0 Å². The Balaban J connectivity index is 2.03. The SMILES string of the molecule is O=C(c1cccc2ccncc12)C1CCS(=O)(=O)C1. The van der Waals surface area contributed by atoms with E-state index in [4.69, 9.17) is 0 Å². The van der Waals surface area contributed by atoms with Gasteiger partial charge in [0.1, 0.15) is 0 Å². The molecule has 98 valence electrons. The normalized spacial score (nSPS) is 21.6. The van der Waals surface area contributed by atoms with E-state index in [-0.39, 0.29) is 17.3 Å². The highest BCUT2D eigenvalue weighted by Gasteiger charge is 2.33. The van der Waals surface area contributed by atoms with Crippen LogP contribution in [-0.2, 0) is 9.84 Å². The van der Waals surface area contributed by atoms with Crippen LogP contribution in [0, 0.1) is 5.92 Å². The summed E-state index contributed by atoms with van der Waals surface area (Å²) >= 11 is 0. The van der Waals surface area contributed by atoms with Gasteiger partial charge in [-0.15, -0.1) is 0 Å². The Morgan fingerprint density at radius 1 is 1.26 bits per heavy atom. The van der Waals surface area contributed by atoms with E-state index in [1.807, 2.05) is 18.2 Å². The Bertz CT molecular complexity index is 747. The number of sulfone groups is 1. The van der Waals surface area contributed by atoms with E-state index in [0.29, 0.717) is 12.0 Å². The third-order valence-corrected chi connectivity index (χ3v) is 5.32. The summed E-state index contributed by atoms with van der Waals surface area (Å²) in [6, 6.07) is 7.33. The zero-order valence-electron chi connectivity index (χ0n) is 10.2. The van der Waals surface area contributed by atoms with Crippen molar-refractivity contribution >= 4 is 26.4 Å². The molecular weight excluding hydrogens is 262 g/mol. The molecule has 0 bridgehead atoms. The zero-order valence-corrected chi connectivity index (χ0v) is 11.1. The number of pyridine rings is 1. The second kappa shape index (κ2) is 4.42. The van der Waals surface area contributed by atoms with Crippen molar-refractivity contribution in [2.45, 2.75) is 6.42 Å². The third-order valence-electron chi connectivity index (χ3n) is 3.55. The molecule has 0 aliphatic carbocycles. The molecule has 0 spiro atoms. The lowest BCUT2D eigenvalue weighted by Crippen LogP contribution is -2.16. The number of ketones is 1. The first kappa shape index (κ1) is 12.3. The Kier molecular flexibility index (Phi) is 2.86. The fourth-order valence-corrected chi connectivity index (χ4v) is 4.29. The van der Waals surface area contributed by atoms with Gasteiger partial charge in [0, 0.05) is 29.3 Å². The molecule has 1 aromatic heterocycles. The molecule has 0 saturated carbocycles. The quantitative estimate of drug-likeness (QED) is 0.785. The molecule has 1 aliphatic rings. The highest BCUT2D eigenvalue weighted by molar-refractivity contribution is 7.91. The van der Waals surface area contributed by atoms with Crippen molar-refractivity contribution in [3.05, 3.63) is 42.2 Å².